The smallest absolute Gasteiger partial charge is 0.0769 e. The molecule has 0 saturated carbocycles. The molecule has 2 aromatic rings. The van der Waals surface area contributed by atoms with E-state index >= 15 is 0 Å². The van der Waals surface area contributed by atoms with E-state index < -0.39 is 12.0 Å². The molecule has 1 heterocycles. The van der Waals surface area contributed by atoms with Crippen LogP contribution in [0.15, 0.2) is 42.5 Å². The lowest BCUT2D eigenvalue weighted by molar-refractivity contribution is -0.310. The predicted octanol–water partition coefficient (Wildman–Crippen LogP) is 1.64. The maximum atomic E-state index is 11.4. The number of hydrogen-bond acceptors (Lipinski definition) is 2. The van der Waals surface area contributed by atoms with Crippen LogP contribution in [0.3, 0.4) is 0 Å². The van der Waals surface area contributed by atoms with Crippen LogP contribution in [0.2, 0.25) is 0 Å². The van der Waals surface area contributed by atoms with Crippen molar-refractivity contribution in [3.05, 3.63) is 59.4 Å². The van der Waals surface area contributed by atoms with E-state index in [2.05, 4.69) is 0 Å². The SMILES string of the molecule is Cc1ccc(C)n1[C@@H](Cc1ccccc1)C(=O)[O-]. The van der Waals surface area contributed by atoms with E-state index in [1.165, 1.54) is 0 Å². The molecule has 1 aromatic heterocycles. The Bertz CT molecular complexity index is 523. The quantitative estimate of drug-likeness (QED) is 0.818. The van der Waals surface area contributed by atoms with Crippen LogP contribution in [-0.2, 0) is 11.2 Å². The normalized spacial score (nSPS) is 12.3. The molecule has 1 atom stereocenters. The molecule has 0 bridgehead atoms. The number of carbonyl (C=O) groups excluding carboxylic acids is 1. The molecule has 0 saturated heterocycles. The van der Waals surface area contributed by atoms with Gasteiger partial charge >= 0.3 is 0 Å². The molecule has 0 aliphatic rings. The van der Waals surface area contributed by atoms with Gasteiger partial charge in [0.25, 0.3) is 0 Å². The summed E-state index contributed by atoms with van der Waals surface area (Å²) < 4.78 is 1.82. The van der Waals surface area contributed by atoms with Crippen molar-refractivity contribution < 1.29 is 9.90 Å². The van der Waals surface area contributed by atoms with E-state index in [-0.39, 0.29) is 0 Å². The second-order valence-corrected chi connectivity index (χ2v) is 4.51. The number of aryl methyl sites for hydroxylation is 2. The summed E-state index contributed by atoms with van der Waals surface area (Å²) in [5.41, 5.74) is 2.88. The Labute approximate surface area is 107 Å². The standard InChI is InChI=1S/C15H17NO2/c1-11-8-9-12(2)16(11)14(15(17)18)10-13-6-4-3-5-7-13/h3-9,14H,10H2,1-2H3,(H,17,18)/p-1/t14-/m0/s1. The average molecular weight is 242 g/mol. The van der Waals surface area contributed by atoms with Gasteiger partial charge in [-0.25, -0.2) is 0 Å². The summed E-state index contributed by atoms with van der Waals surface area (Å²) in [6.45, 7) is 3.82. The third kappa shape index (κ3) is 2.45. The highest BCUT2D eigenvalue weighted by Gasteiger charge is 2.16. The zero-order valence-corrected chi connectivity index (χ0v) is 10.6. The molecule has 0 aliphatic carbocycles. The second-order valence-electron chi connectivity index (χ2n) is 4.51. The summed E-state index contributed by atoms with van der Waals surface area (Å²) in [5.74, 6) is -1.04. The topological polar surface area (TPSA) is 45.1 Å². The first-order valence-corrected chi connectivity index (χ1v) is 5.99. The Kier molecular flexibility index (Phi) is 3.51. The monoisotopic (exact) mass is 242 g/mol. The Hall–Kier alpha value is -2.03. The fourth-order valence-electron chi connectivity index (χ4n) is 2.29. The highest BCUT2D eigenvalue weighted by Crippen LogP contribution is 2.19. The third-order valence-corrected chi connectivity index (χ3v) is 3.18. The molecule has 0 aliphatic heterocycles. The molecule has 2 rings (SSSR count). The number of rotatable bonds is 4. The predicted molar refractivity (Wildman–Crippen MR) is 68.1 cm³/mol. The number of benzene rings is 1. The van der Waals surface area contributed by atoms with Crippen molar-refractivity contribution in [3.8, 4) is 0 Å². The van der Waals surface area contributed by atoms with E-state index in [0.717, 1.165) is 17.0 Å². The van der Waals surface area contributed by atoms with Gasteiger partial charge < -0.3 is 14.5 Å². The van der Waals surface area contributed by atoms with Crippen LogP contribution < -0.4 is 5.11 Å². The van der Waals surface area contributed by atoms with Gasteiger partial charge in [0.2, 0.25) is 0 Å². The van der Waals surface area contributed by atoms with Crippen molar-refractivity contribution in [2.45, 2.75) is 26.3 Å². The number of hydrogen-bond donors (Lipinski definition) is 0. The van der Waals surface area contributed by atoms with E-state index in [1.807, 2.05) is 60.9 Å². The van der Waals surface area contributed by atoms with Gasteiger partial charge in [0, 0.05) is 11.4 Å². The number of aromatic nitrogens is 1. The Morgan fingerprint density at radius 2 is 1.67 bits per heavy atom. The molecule has 0 N–H and O–H groups in total. The maximum absolute atomic E-state index is 11.4. The van der Waals surface area contributed by atoms with Gasteiger partial charge in [-0.3, -0.25) is 0 Å². The summed E-state index contributed by atoms with van der Waals surface area (Å²) in [5, 5.41) is 11.4. The Morgan fingerprint density at radius 3 is 2.17 bits per heavy atom. The van der Waals surface area contributed by atoms with Gasteiger partial charge in [0.05, 0.1) is 12.0 Å². The molecule has 1 aromatic carbocycles. The largest absolute Gasteiger partial charge is 0.548 e. The summed E-state index contributed by atoms with van der Waals surface area (Å²) in [6.07, 6.45) is 0.444. The van der Waals surface area contributed by atoms with Crippen LogP contribution in [0.1, 0.15) is 23.0 Å². The van der Waals surface area contributed by atoms with Gasteiger partial charge in [-0.1, -0.05) is 30.3 Å². The van der Waals surface area contributed by atoms with E-state index in [1.54, 1.807) is 0 Å². The van der Waals surface area contributed by atoms with Crippen LogP contribution in [0.25, 0.3) is 0 Å². The van der Waals surface area contributed by atoms with E-state index in [0.29, 0.717) is 6.42 Å². The van der Waals surface area contributed by atoms with Gasteiger partial charge in [0.15, 0.2) is 0 Å². The lowest BCUT2D eigenvalue weighted by Gasteiger charge is -2.23. The first-order valence-electron chi connectivity index (χ1n) is 5.99. The van der Waals surface area contributed by atoms with Gasteiger partial charge in [-0.15, -0.1) is 0 Å². The molecule has 0 fully saturated rings. The number of carbonyl (C=O) groups is 1. The number of carboxylic acid groups (broad SMARTS) is 1. The minimum atomic E-state index is -1.04. The Morgan fingerprint density at radius 1 is 1.11 bits per heavy atom. The molecule has 94 valence electrons. The first kappa shape index (κ1) is 12.4. The van der Waals surface area contributed by atoms with Crippen LogP contribution in [0.5, 0.6) is 0 Å². The zero-order chi connectivity index (χ0) is 13.1. The van der Waals surface area contributed by atoms with Crippen LogP contribution >= 0.6 is 0 Å². The average Bonchev–Trinajstić information content (AvgIpc) is 2.67. The molecule has 3 heteroatoms. The molecular weight excluding hydrogens is 226 g/mol. The lowest BCUT2D eigenvalue weighted by Crippen LogP contribution is -2.35. The summed E-state index contributed by atoms with van der Waals surface area (Å²) in [6, 6.07) is 12.8. The van der Waals surface area contributed by atoms with E-state index in [9.17, 15) is 9.90 Å². The van der Waals surface area contributed by atoms with Crippen molar-refractivity contribution in [3.63, 3.8) is 0 Å². The summed E-state index contributed by atoms with van der Waals surface area (Å²) in [7, 11) is 0. The van der Waals surface area contributed by atoms with Crippen molar-refractivity contribution >= 4 is 5.97 Å². The fourth-order valence-corrected chi connectivity index (χ4v) is 2.29. The molecule has 0 unspecified atom stereocenters. The number of carboxylic acids is 1. The van der Waals surface area contributed by atoms with E-state index in [4.69, 9.17) is 0 Å². The first-order chi connectivity index (χ1) is 8.59. The Balaban J connectivity index is 2.33. The fraction of sp³-hybridized carbons (Fsp3) is 0.267. The molecule has 0 spiro atoms. The van der Waals surface area contributed by atoms with Crippen LogP contribution in [0.4, 0.5) is 0 Å². The number of aliphatic carboxylic acids is 1. The van der Waals surface area contributed by atoms with Crippen LogP contribution in [-0.4, -0.2) is 10.5 Å². The summed E-state index contributed by atoms with van der Waals surface area (Å²) >= 11 is 0. The highest BCUT2D eigenvalue weighted by molar-refractivity contribution is 5.70. The highest BCUT2D eigenvalue weighted by atomic mass is 16.4. The molecule has 3 nitrogen and oxygen atoms in total. The minimum Gasteiger partial charge on any atom is -0.548 e. The molecule has 0 radical (unpaired) electrons. The zero-order valence-electron chi connectivity index (χ0n) is 10.6. The second kappa shape index (κ2) is 5.08. The van der Waals surface area contributed by atoms with Gasteiger partial charge in [-0.2, -0.15) is 0 Å². The van der Waals surface area contributed by atoms with Gasteiger partial charge in [-0.05, 0) is 38.0 Å². The molecule has 18 heavy (non-hydrogen) atoms. The van der Waals surface area contributed by atoms with Crippen molar-refractivity contribution in [2.24, 2.45) is 0 Å². The summed E-state index contributed by atoms with van der Waals surface area (Å²) in [4.78, 5) is 11.4. The van der Waals surface area contributed by atoms with Crippen molar-refractivity contribution in [1.29, 1.82) is 0 Å². The minimum absolute atomic E-state index is 0.444. The van der Waals surface area contributed by atoms with Crippen molar-refractivity contribution in [2.75, 3.05) is 0 Å². The molecular formula is C15H16NO2-. The van der Waals surface area contributed by atoms with Crippen molar-refractivity contribution in [1.82, 2.24) is 4.57 Å². The maximum Gasteiger partial charge on any atom is 0.0769 e. The van der Waals surface area contributed by atoms with Gasteiger partial charge in [0.1, 0.15) is 0 Å². The lowest BCUT2D eigenvalue weighted by atomic mass is 10.1. The molecule has 0 amide bonds. The van der Waals surface area contributed by atoms with Crippen LogP contribution in [0, 0.1) is 13.8 Å². The third-order valence-electron chi connectivity index (χ3n) is 3.18. The number of nitrogens with zero attached hydrogens (tertiary/aromatic N) is 1.